The van der Waals surface area contributed by atoms with Crippen LogP contribution >= 0.6 is 15.9 Å². The summed E-state index contributed by atoms with van der Waals surface area (Å²) in [6, 6.07) is 2.00. The van der Waals surface area contributed by atoms with Crippen molar-refractivity contribution in [3.05, 3.63) is 22.6 Å². The van der Waals surface area contributed by atoms with Crippen LogP contribution in [0.3, 0.4) is 0 Å². The van der Waals surface area contributed by atoms with Gasteiger partial charge in [-0.3, -0.25) is 0 Å². The Bertz CT molecular complexity index is 278. The van der Waals surface area contributed by atoms with Crippen LogP contribution < -0.4 is 5.73 Å². The van der Waals surface area contributed by atoms with Crippen LogP contribution in [0.15, 0.2) is 21.4 Å². The molecule has 3 heteroatoms. The molecule has 1 aliphatic rings. The number of nitrogens with two attached hydrogens (primary N) is 1. The highest BCUT2D eigenvalue weighted by molar-refractivity contribution is 9.10. The lowest BCUT2D eigenvalue weighted by atomic mass is 10.1. The van der Waals surface area contributed by atoms with Crippen LogP contribution in [-0.2, 0) is 6.42 Å². The molecule has 1 fully saturated rings. The van der Waals surface area contributed by atoms with Gasteiger partial charge in [0.25, 0.3) is 0 Å². The van der Waals surface area contributed by atoms with Gasteiger partial charge >= 0.3 is 0 Å². The Kier molecular flexibility index (Phi) is 2.00. The highest BCUT2D eigenvalue weighted by Crippen LogP contribution is 2.37. The number of aryl methyl sites for hydroxylation is 1. The van der Waals surface area contributed by atoms with Crippen LogP contribution in [0.4, 0.5) is 0 Å². The van der Waals surface area contributed by atoms with Crippen molar-refractivity contribution >= 4 is 15.9 Å². The zero-order valence-electron chi connectivity index (χ0n) is 6.85. The monoisotopic (exact) mass is 229 g/mol. The zero-order chi connectivity index (χ0) is 8.60. The highest BCUT2D eigenvalue weighted by Gasteiger charge is 2.37. The number of rotatable bonds is 3. The van der Waals surface area contributed by atoms with Crippen LogP contribution in [-0.4, -0.2) is 5.54 Å². The van der Waals surface area contributed by atoms with Gasteiger partial charge in [0.2, 0.25) is 0 Å². The molecule has 66 valence electrons. The SMILES string of the molecule is NC1(CCc2ccoc2Br)CC1. The van der Waals surface area contributed by atoms with Crippen molar-refractivity contribution in [2.45, 2.75) is 31.2 Å². The molecule has 1 aromatic heterocycles. The molecule has 2 rings (SSSR count). The Morgan fingerprint density at radius 1 is 1.58 bits per heavy atom. The molecular weight excluding hydrogens is 218 g/mol. The topological polar surface area (TPSA) is 39.2 Å². The minimum atomic E-state index is 0.150. The molecule has 0 radical (unpaired) electrons. The predicted molar refractivity (Wildman–Crippen MR) is 50.9 cm³/mol. The summed E-state index contributed by atoms with van der Waals surface area (Å²) < 4.78 is 5.98. The molecule has 0 atom stereocenters. The summed E-state index contributed by atoms with van der Waals surface area (Å²) in [5, 5.41) is 0. The third-order valence-electron chi connectivity index (χ3n) is 2.48. The van der Waals surface area contributed by atoms with Gasteiger partial charge < -0.3 is 10.2 Å². The third kappa shape index (κ3) is 1.72. The lowest BCUT2D eigenvalue weighted by Crippen LogP contribution is -2.21. The first-order valence-corrected chi connectivity index (χ1v) is 5.00. The molecule has 0 saturated heterocycles. The number of furan rings is 1. The molecule has 1 saturated carbocycles. The summed E-state index contributed by atoms with van der Waals surface area (Å²) in [4.78, 5) is 0. The van der Waals surface area contributed by atoms with E-state index in [1.807, 2.05) is 6.07 Å². The van der Waals surface area contributed by atoms with Gasteiger partial charge in [0.1, 0.15) is 0 Å². The minimum absolute atomic E-state index is 0.150. The molecule has 0 bridgehead atoms. The molecule has 1 heterocycles. The second-order valence-electron chi connectivity index (χ2n) is 3.58. The average Bonchev–Trinajstić information content (AvgIpc) is 2.61. The van der Waals surface area contributed by atoms with Crippen molar-refractivity contribution in [2.75, 3.05) is 0 Å². The Labute approximate surface area is 80.3 Å². The van der Waals surface area contributed by atoms with E-state index < -0.39 is 0 Å². The fourth-order valence-corrected chi connectivity index (χ4v) is 1.73. The molecule has 12 heavy (non-hydrogen) atoms. The molecule has 0 aliphatic heterocycles. The van der Waals surface area contributed by atoms with E-state index in [9.17, 15) is 0 Å². The van der Waals surface area contributed by atoms with Gasteiger partial charge in [-0.05, 0) is 47.7 Å². The van der Waals surface area contributed by atoms with Crippen LogP contribution in [0.5, 0.6) is 0 Å². The van der Waals surface area contributed by atoms with E-state index >= 15 is 0 Å². The van der Waals surface area contributed by atoms with Crippen LogP contribution in [0.1, 0.15) is 24.8 Å². The Hall–Kier alpha value is -0.280. The summed E-state index contributed by atoms with van der Waals surface area (Å²) in [5.74, 6) is 0. The number of halogens is 1. The fraction of sp³-hybridized carbons (Fsp3) is 0.556. The molecule has 2 nitrogen and oxygen atoms in total. The van der Waals surface area contributed by atoms with Crippen molar-refractivity contribution in [3.63, 3.8) is 0 Å². The normalized spacial score (nSPS) is 19.5. The van der Waals surface area contributed by atoms with Crippen molar-refractivity contribution in [2.24, 2.45) is 5.73 Å². The van der Waals surface area contributed by atoms with Crippen LogP contribution in [0.25, 0.3) is 0 Å². The van der Waals surface area contributed by atoms with Crippen LogP contribution in [0.2, 0.25) is 0 Å². The minimum Gasteiger partial charge on any atom is -0.457 e. The first kappa shape index (κ1) is 8.32. The van der Waals surface area contributed by atoms with E-state index in [2.05, 4.69) is 15.9 Å². The Balaban J connectivity index is 1.91. The van der Waals surface area contributed by atoms with Gasteiger partial charge in [-0.1, -0.05) is 0 Å². The second-order valence-corrected chi connectivity index (χ2v) is 4.30. The van der Waals surface area contributed by atoms with Gasteiger partial charge in [0.15, 0.2) is 4.67 Å². The first-order chi connectivity index (χ1) is 5.70. The third-order valence-corrected chi connectivity index (χ3v) is 3.17. The smallest absolute Gasteiger partial charge is 0.172 e. The molecule has 0 spiro atoms. The van der Waals surface area contributed by atoms with Crippen molar-refractivity contribution in [3.8, 4) is 0 Å². The molecule has 0 amide bonds. The van der Waals surface area contributed by atoms with E-state index in [1.54, 1.807) is 6.26 Å². The second kappa shape index (κ2) is 2.89. The maximum atomic E-state index is 5.97. The van der Waals surface area contributed by atoms with Gasteiger partial charge in [-0.15, -0.1) is 0 Å². The summed E-state index contributed by atoms with van der Waals surface area (Å²) in [7, 11) is 0. The molecule has 2 N–H and O–H groups in total. The van der Waals surface area contributed by atoms with E-state index in [0.29, 0.717) is 0 Å². The maximum Gasteiger partial charge on any atom is 0.172 e. The average molecular weight is 230 g/mol. The van der Waals surface area contributed by atoms with Gasteiger partial charge in [-0.25, -0.2) is 0 Å². The zero-order valence-corrected chi connectivity index (χ0v) is 8.43. The van der Waals surface area contributed by atoms with E-state index in [0.717, 1.165) is 17.5 Å². The summed E-state index contributed by atoms with van der Waals surface area (Å²) >= 11 is 3.35. The Morgan fingerprint density at radius 3 is 2.83 bits per heavy atom. The van der Waals surface area contributed by atoms with E-state index in [-0.39, 0.29) is 5.54 Å². The fourth-order valence-electron chi connectivity index (χ4n) is 1.29. The quantitative estimate of drug-likeness (QED) is 0.866. The lowest BCUT2D eigenvalue weighted by Gasteiger charge is -2.05. The molecule has 0 unspecified atom stereocenters. The van der Waals surface area contributed by atoms with Crippen molar-refractivity contribution in [1.82, 2.24) is 0 Å². The lowest BCUT2D eigenvalue weighted by molar-refractivity contribution is 0.532. The number of hydrogen-bond donors (Lipinski definition) is 1. The van der Waals surface area contributed by atoms with Crippen molar-refractivity contribution in [1.29, 1.82) is 0 Å². The molecule has 1 aromatic rings. The largest absolute Gasteiger partial charge is 0.457 e. The molecular formula is C9H12BrNO. The van der Waals surface area contributed by atoms with Gasteiger partial charge in [-0.2, -0.15) is 0 Å². The van der Waals surface area contributed by atoms with Gasteiger partial charge in [0.05, 0.1) is 6.26 Å². The standard InChI is InChI=1S/C9H12BrNO/c10-8-7(2-6-12-8)1-3-9(11)4-5-9/h2,6H,1,3-5,11H2. The van der Waals surface area contributed by atoms with Crippen molar-refractivity contribution < 1.29 is 4.42 Å². The molecule has 1 aliphatic carbocycles. The first-order valence-electron chi connectivity index (χ1n) is 4.20. The molecule has 0 aromatic carbocycles. The van der Waals surface area contributed by atoms with E-state index in [1.165, 1.54) is 18.4 Å². The van der Waals surface area contributed by atoms with Crippen LogP contribution in [0, 0.1) is 0 Å². The Morgan fingerprint density at radius 2 is 2.33 bits per heavy atom. The highest BCUT2D eigenvalue weighted by atomic mass is 79.9. The summed E-state index contributed by atoms with van der Waals surface area (Å²) in [5.41, 5.74) is 7.35. The van der Waals surface area contributed by atoms with Gasteiger partial charge in [0, 0.05) is 11.1 Å². The van der Waals surface area contributed by atoms with E-state index in [4.69, 9.17) is 10.2 Å². The number of hydrogen-bond acceptors (Lipinski definition) is 2. The maximum absolute atomic E-state index is 5.97. The summed E-state index contributed by atoms with van der Waals surface area (Å²) in [6.45, 7) is 0. The summed E-state index contributed by atoms with van der Waals surface area (Å²) in [6.07, 6.45) is 6.17. The predicted octanol–water partition coefficient (Wildman–Crippen LogP) is 2.47.